The normalized spacial score (nSPS) is 16.7. The van der Waals surface area contributed by atoms with Gasteiger partial charge in [-0.1, -0.05) is 17.7 Å². The zero-order chi connectivity index (χ0) is 13.8. The van der Waals surface area contributed by atoms with Gasteiger partial charge in [0.05, 0.1) is 11.4 Å². The molecule has 2 rings (SSSR count). The molecule has 1 unspecified atom stereocenters. The molecule has 1 aliphatic carbocycles. The number of aromatic amines is 1. The van der Waals surface area contributed by atoms with Crippen LogP contribution in [-0.4, -0.2) is 19.0 Å². The van der Waals surface area contributed by atoms with Crippen molar-refractivity contribution >= 4 is 34.8 Å². The van der Waals surface area contributed by atoms with Gasteiger partial charge in [-0.15, -0.1) is 0 Å². The fourth-order valence-corrected chi connectivity index (χ4v) is 2.60. The summed E-state index contributed by atoms with van der Waals surface area (Å²) in [6.07, 6.45) is 7.85. The number of hydrogen-bond acceptors (Lipinski definition) is 3. The Morgan fingerprint density at radius 1 is 1.63 bits per heavy atom. The number of halogens is 1. The van der Waals surface area contributed by atoms with Crippen molar-refractivity contribution in [1.29, 1.82) is 0 Å². The third-order valence-electron chi connectivity index (χ3n) is 2.57. The summed E-state index contributed by atoms with van der Waals surface area (Å²) in [7, 11) is 0.492. The topological polar surface area (TPSA) is 62.7 Å². The lowest BCUT2D eigenvalue weighted by molar-refractivity contribution is 0.669. The molecule has 5 nitrogen and oxygen atoms in total. The van der Waals surface area contributed by atoms with Crippen molar-refractivity contribution < 1.29 is 4.21 Å². The van der Waals surface area contributed by atoms with Gasteiger partial charge in [-0.25, -0.2) is 8.93 Å². The Bertz CT molecular complexity index is 641. The number of rotatable bonds is 4. The highest BCUT2D eigenvalue weighted by Gasteiger charge is 2.08. The average Bonchev–Trinajstić information content (AvgIpc) is 2.60. The first kappa shape index (κ1) is 14.4. The maximum absolute atomic E-state index is 12.1. The molecule has 1 aliphatic rings. The molecule has 0 amide bonds. The van der Waals surface area contributed by atoms with Crippen LogP contribution < -0.4 is 4.72 Å². The van der Waals surface area contributed by atoms with Crippen LogP contribution >= 0.6 is 23.8 Å². The highest BCUT2D eigenvalue weighted by atomic mass is 35.5. The minimum atomic E-state index is -1.31. The lowest BCUT2D eigenvalue weighted by Crippen LogP contribution is -2.19. The Labute approximate surface area is 123 Å². The second-order valence-electron chi connectivity index (χ2n) is 3.88. The number of nitrogens with zero attached hydrogens (tertiary/aromatic N) is 2. The van der Waals surface area contributed by atoms with E-state index in [9.17, 15) is 4.21 Å². The molecule has 2 N–H and O–H groups in total. The molecule has 0 fully saturated rings. The summed E-state index contributed by atoms with van der Waals surface area (Å²) < 4.78 is 17.2. The number of H-pyrrole nitrogens is 1. The average molecular weight is 317 g/mol. The van der Waals surface area contributed by atoms with Crippen molar-refractivity contribution in [1.82, 2.24) is 19.5 Å². The third-order valence-corrected chi connectivity index (χ3v) is 4.32. The van der Waals surface area contributed by atoms with Crippen molar-refractivity contribution in [2.45, 2.75) is 13.0 Å². The van der Waals surface area contributed by atoms with Gasteiger partial charge in [0.25, 0.3) is 0 Å². The SMILES string of the molecule is Cn1c(CNS(=O)C2=CC=C(Cl)CC=C2)n[nH]c1=S. The van der Waals surface area contributed by atoms with Crippen molar-refractivity contribution in [3.63, 3.8) is 0 Å². The summed E-state index contributed by atoms with van der Waals surface area (Å²) in [5, 5.41) is 7.44. The van der Waals surface area contributed by atoms with Crippen molar-refractivity contribution in [2.75, 3.05) is 0 Å². The van der Waals surface area contributed by atoms with Crippen LogP contribution in [0, 0.1) is 4.77 Å². The molecule has 0 saturated heterocycles. The van der Waals surface area contributed by atoms with Gasteiger partial charge in [-0.05, 0) is 30.4 Å². The van der Waals surface area contributed by atoms with Crippen LogP contribution in [0.15, 0.2) is 34.2 Å². The molecule has 0 aromatic carbocycles. The second kappa shape index (κ2) is 6.42. The van der Waals surface area contributed by atoms with E-state index in [0.717, 1.165) is 5.03 Å². The Hall–Kier alpha value is -1.02. The minimum Gasteiger partial charge on any atom is -0.306 e. The number of allylic oxidation sites excluding steroid dienone is 5. The van der Waals surface area contributed by atoms with E-state index in [0.29, 0.717) is 28.5 Å². The molecule has 0 bridgehead atoms. The minimum absolute atomic E-state index is 0.360. The molecule has 0 spiro atoms. The van der Waals surface area contributed by atoms with Gasteiger partial charge in [0.15, 0.2) is 4.77 Å². The van der Waals surface area contributed by atoms with E-state index >= 15 is 0 Å². The molecule has 0 aliphatic heterocycles. The maximum Gasteiger partial charge on any atom is 0.194 e. The quantitative estimate of drug-likeness (QED) is 0.837. The van der Waals surface area contributed by atoms with E-state index in [1.165, 1.54) is 0 Å². The first-order valence-corrected chi connectivity index (χ1v) is 7.50. The third kappa shape index (κ3) is 3.73. The molecule has 1 aromatic rings. The second-order valence-corrected chi connectivity index (χ2v) is 6.05. The summed E-state index contributed by atoms with van der Waals surface area (Å²) in [5.41, 5.74) is 0. The molecular weight excluding hydrogens is 304 g/mol. The standard InChI is InChI=1S/C11H13ClN4OS2/c1-16-10(14-15-11(16)18)7-13-19(17)9-4-2-3-8(12)5-6-9/h2,4-6,13H,3,7H2,1H3,(H,15,18). The van der Waals surface area contributed by atoms with E-state index < -0.39 is 11.0 Å². The molecule has 8 heteroatoms. The highest BCUT2D eigenvalue weighted by Crippen LogP contribution is 2.15. The lowest BCUT2D eigenvalue weighted by Gasteiger charge is -2.04. The van der Waals surface area contributed by atoms with E-state index in [-0.39, 0.29) is 0 Å². The maximum atomic E-state index is 12.1. The fourth-order valence-electron chi connectivity index (χ4n) is 1.46. The number of aromatic nitrogens is 3. The van der Waals surface area contributed by atoms with Gasteiger partial charge in [0, 0.05) is 18.5 Å². The summed E-state index contributed by atoms with van der Waals surface area (Å²) in [6.45, 7) is 0.360. The van der Waals surface area contributed by atoms with Gasteiger partial charge in [0.2, 0.25) is 0 Å². The number of nitrogens with one attached hydrogen (secondary N) is 2. The monoisotopic (exact) mass is 316 g/mol. The zero-order valence-electron chi connectivity index (χ0n) is 10.2. The van der Waals surface area contributed by atoms with E-state index in [1.807, 2.05) is 6.08 Å². The first-order valence-electron chi connectivity index (χ1n) is 5.56. The van der Waals surface area contributed by atoms with Crippen molar-refractivity contribution in [3.8, 4) is 0 Å². The van der Waals surface area contributed by atoms with Crippen molar-refractivity contribution in [2.24, 2.45) is 7.05 Å². The summed E-state index contributed by atoms with van der Waals surface area (Å²) >= 11 is 10.9. The van der Waals surface area contributed by atoms with Gasteiger partial charge < -0.3 is 4.57 Å². The molecule has 1 aromatic heterocycles. The summed E-state index contributed by atoms with van der Waals surface area (Å²) in [6, 6.07) is 0. The molecule has 102 valence electrons. The molecule has 1 heterocycles. The van der Waals surface area contributed by atoms with Crippen LogP contribution in [0.3, 0.4) is 0 Å². The Kier molecular flexibility index (Phi) is 4.87. The van der Waals surface area contributed by atoms with Crippen molar-refractivity contribution in [3.05, 3.63) is 44.8 Å². The van der Waals surface area contributed by atoms with E-state index in [1.54, 1.807) is 29.8 Å². The fraction of sp³-hybridized carbons (Fsp3) is 0.273. The van der Waals surface area contributed by atoms with Crippen LogP contribution in [0.1, 0.15) is 12.2 Å². The smallest absolute Gasteiger partial charge is 0.194 e. The summed E-state index contributed by atoms with van der Waals surface area (Å²) in [4.78, 5) is 0.674. The molecule has 1 atom stereocenters. The molecule has 0 saturated carbocycles. The van der Waals surface area contributed by atoms with Gasteiger partial charge in [-0.2, -0.15) is 5.10 Å². The van der Waals surface area contributed by atoms with Crippen LogP contribution in [0.4, 0.5) is 0 Å². The zero-order valence-corrected chi connectivity index (χ0v) is 12.6. The predicted octanol–water partition coefficient (Wildman–Crippen LogP) is 2.20. The van der Waals surface area contributed by atoms with E-state index in [2.05, 4.69) is 14.9 Å². The largest absolute Gasteiger partial charge is 0.306 e. The van der Waals surface area contributed by atoms with Crippen LogP contribution in [0.2, 0.25) is 0 Å². The highest BCUT2D eigenvalue weighted by molar-refractivity contribution is 7.87. The van der Waals surface area contributed by atoms with E-state index in [4.69, 9.17) is 23.8 Å². The van der Waals surface area contributed by atoms with Gasteiger partial charge in [-0.3, -0.25) is 5.10 Å². The molecular formula is C11H13ClN4OS2. The first-order chi connectivity index (χ1) is 9.08. The van der Waals surface area contributed by atoms with Gasteiger partial charge >= 0.3 is 0 Å². The molecule has 19 heavy (non-hydrogen) atoms. The van der Waals surface area contributed by atoms with Gasteiger partial charge in [0.1, 0.15) is 16.8 Å². The molecule has 0 radical (unpaired) electrons. The van der Waals surface area contributed by atoms with Crippen LogP contribution in [0.25, 0.3) is 0 Å². The van der Waals surface area contributed by atoms with Crippen LogP contribution in [0.5, 0.6) is 0 Å². The summed E-state index contributed by atoms with van der Waals surface area (Å²) in [5.74, 6) is 0.699. The predicted molar refractivity (Wildman–Crippen MR) is 79.2 cm³/mol. The Balaban J connectivity index is 2.02. The Morgan fingerprint density at radius 3 is 3.11 bits per heavy atom. The van der Waals surface area contributed by atoms with Crippen LogP contribution in [-0.2, 0) is 24.6 Å². The number of hydrogen-bond donors (Lipinski definition) is 2. The Morgan fingerprint density at radius 2 is 2.42 bits per heavy atom. The lowest BCUT2D eigenvalue weighted by atomic mass is 10.4.